The van der Waals surface area contributed by atoms with Crippen LogP contribution in [-0.4, -0.2) is 41.9 Å². The SMILES string of the molecule is COC(=O)c1cc([B]OC(C)(C)C(C)(C)O)c[nH]1. The fraction of sp³-hybridized carbons (Fsp3) is 0.583. The molecule has 0 saturated carbocycles. The predicted octanol–water partition coefficient (Wildman–Crippen LogP) is 0.612. The topological polar surface area (TPSA) is 71.6 Å². The summed E-state index contributed by atoms with van der Waals surface area (Å²) in [5.41, 5.74) is -0.665. The summed E-state index contributed by atoms with van der Waals surface area (Å²) >= 11 is 0. The molecule has 1 aromatic rings. The summed E-state index contributed by atoms with van der Waals surface area (Å²) in [7, 11) is 2.82. The van der Waals surface area contributed by atoms with Gasteiger partial charge in [0.05, 0.1) is 18.3 Å². The zero-order valence-corrected chi connectivity index (χ0v) is 11.4. The molecule has 1 heterocycles. The molecule has 0 atom stereocenters. The number of methoxy groups -OCH3 is 1. The van der Waals surface area contributed by atoms with E-state index < -0.39 is 17.2 Å². The van der Waals surface area contributed by atoms with E-state index in [1.165, 1.54) is 14.6 Å². The fourth-order valence-corrected chi connectivity index (χ4v) is 1.07. The standard InChI is InChI=1S/C12H19BNO4/c1-11(2,16)12(3,4)18-13-8-6-9(14-7-8)10(15)17-5/h6-7,14,16H,1-5H3. The summed E-state index contributed by atoms with van der Waals surface area (Å²) in [5.74, 6) is -0.434. The minimum absolute atomic E-state index is 0.355. The van der Waals surface area contributed by atoms with Gasteiger partial charge in [-0.2, -0.15) is 0 Å². The van der Waals surface area contributed by atoms with Gasteiger partial charge in [0.1, 0.15) is 5.69 Å². The minimum Gasteiger partial charge on any atom is -0.464 e. The second-order valence-corrected chi connectivity index (χ2v) is 5.14. The van der Waals surface area contributed by atoms with Crippen LogP contribution >= 0.6 is 0 Å². The number of carbonyl (C=O) groups is 1. The minimum atomic E-state index is -0.981. The van der Waals surface area contributed by atoms with Crippen LogP contribution in [-0.2, 0) is 9.39 Å². The lowest BCUT2D eigenvalue weighted by atomic mass is 9.84. The van der Waals surface area contributed by atoms with Crippen molar-refractivity contribution < 1.29 is 19.3 Å². The van der Waals surface area contributed by atoms with E-state index in [4.69, 9.17) is 4.65 Å². The number of aliphatic hydroxyl groups is 1. The van der Waals surface area contributed by atoms with Crippen LogP contribution in [0.15, 0.2) is 12.3 Å². The van der Waals surface area contributed by atoms with E-state index in [9.17, 15) is 9.90 Å². The number of rotatable bonds is 5. The van der Waals surface area contributed by atoms with E-state index in [1.807, 2.05) is 0 Å². The highest BCUT2D eigenvalue weighted by Gasteiger charge is 2.35. The molecular formula is C12H19BNO4. The van der Waals surface area contributed by atoms with Crippen molar-refractivity contribution in [2.45, 2.75) is 38.9 Å². The largest absolute Gasteiger partial charge is 0.464 e. The van der Waals surface area contributed by atoms with Gasteiger partial charge in [0, 0.05) is 0 Å². The Labute approximate surface area is 108 Å². The summed E-state index contributed by atoms with van der Waals surface area (Å²) in [6, 6.07) is 1.62. The molecule has 0 bridgehead atoms. The van der Waals surface area contributed by atoms with Crippen molar-refractivity contribution in [3.63, 3.8) is 0 Å². The number of hydrogen-bond donors (Lipinski definition) is 2. The number of aromatic amines is 1. The molecular weight excluding hydrogens is 233 g/mol. The average molecular weight is 252 g/mol. The molecule has 0 unspecified atom stereocenters. The highest BCUT2D eigenvalue weighted by molar-refractivity contribution is 6.47. The van der Waals surface area contributed by atoms with Crippen molar-refractivity contribution in [2.24, 2.45) is 0 Å². The summed E-state index contributed by atoms with van der Waals surface area (Å²) in [6.07, 6.45) is 1.63. The maximum absolute atomic E-state index is 11.2. The Bertz CT molecular complexity index is 420. The average Bonchev–Trinajstić information content (AvgIpc) is 2.72. The van der Waals surface area contributed by atoms with Gasteiger partial charge in [0.15, 0.2) is 0 Å². The third-order valence-electron chi connectivity index (χ3n) is 3.07. The molecule has 0 aliphatic carbocycles. The molecule has 0 aliphatic rings. The molecule has 0 aliphatic heterocycles. The van der Waals surface area contributed by atoms with Crippen LogP contribution in [0.1, 0.15) is 38.2 Å². The molecule has 99 valence electrons. The molecule has 0 spiro atoms. The van der Waals surface area contributed by atoms with Gasteiger partial charge >= 0.3 is 13.5 Å². The Morgan fingerprint density at radius 2 is 2.00 bits per heavy atom. The van der Waals surface area contributed by atoms with Crippen molar-refractivity contribution in [1.29, 1.82) is 0 Å². The van der Waals surface area contributed by atoms with Crippen LogP contribution in [0.25, 0.3) is 0 Å². The van der Waals surface area contributed by atoms with Crippen molar-refractivity contribution in [3.8, 4) is 0 Å². The first-order valence-electron chi connectivity index (χ1n) is 5.67. The maximum atomic E-state index is 11.2. The number of carbonyl (C=O) groups excluding carboxylic acids is 1. The van der Waals surface area contributed by atoms with Gasteiger partial charge in [-0.1, -0.05) is 0 Å². The molecule has 1 aromatic heterocycles. The molecule has 0 saturated heterocycles. The van der Waals surface area contributed by atoms with Crippen molar-refractivity contribution in [2.75, 3.05) is 7.11 Å². The van der Waals surface area contributed by atoms with Crippen LogP contribution in [0.5, 0.6) is 0 Å². The third-order valence-corrected chi connectivity index (χ3v) is 3.07. The molecule has 18 heavy (non-hydrogen) atoms. The highest BCUT2D eigenvalue weighted by Crippen LogP contribution is 2.24. The van der Waals surface area contributed by atoms with Gasteiger partial charge in [-0.3, -0.25) is 0 Å². The zero-order chi connectivity index (χ0) is 14.0. The lowest BCUT2D eigenvalue weighted by Gasteiger charge is -2.37. The molecule has 0 fully saturated rings. The van der Waals surface area contributed by atoms with Gasteiger partial charge in [-0.05, 0) is 45.4 Å². The molecule has 6 heteroatoms. The first-order valence-corrected chi connectivity index (χ1v) is 5.67. The van der Waals surface area contributed by atoms with Gasteiger partial charge in [-0.25, -0.2) is 4.79 Å². The molecule has 2 N–H and O–H groups in total. The van der Waals surface area contributed by atoms with E-state index in [0.29, 0.717) is 11.2 Å². The smallest absolute Gasteiger partial charge is 0.354 e. The first kappa shape index (κ1) is 14.8. The summed E-state index contributed by atoms with van der Waals surface area (Å²) in [5, 5.41) is 9.93. The Balaban J connectivity index is 2.65. The molecule has 0 amide bonds. The third kappa shape index (κ3) is 3.37. The first-order chi connectivity index (χ1) is 8.17. The zero-order valence-electron chi connectivity index (χ0n) is 11.4. The number of hydrogen-bond acceptors (Lipinski definition) is 4. The van der Waals surface area contributed by atoms with Crippen LogP contribution in [0.4, 0.5) is 0 Å². The Kier molecular flexibility index (Phi) is 4.24. The fourth-order valence-electron chi connectivity index (χ4n) is 1.07. The maximum Gasteiger partial charge on any atom is 0.354 e. The summed E-state index contributed by atoms with van der Waals surface area (Å²) < 4.78 is 10.1. The Morgan fingerprint density at radius 1 is 1.39 bits per heavy atom. The van der Waals surface area contributed by atoms with Crippen LogP contribution in [0, 0.1) is 0 Å². The molecule has 0 aromatic carbocycles. The summed E-state index contributed by atoms with van der Waals surface area (Å²) in [4.78, 5) is 14.0. The number of ether oxygens (including phenoxy) is 1. The van der Waals surface area contributed by atoms with E-state index in [-0.39, 0.29) is 0 Å². The van der Waals surface area contributed by atoms with Gasteiger partial charge in [-0.15, -0.1) is 0 Å². The molecule has 1 rings (SSSR count). The van der Waals surface area contributed by atoms with Crippen LogP contribution in [0.3, 0.4) is 0 Å². The van der Waals surface area contributed by atoms with Crippen LogP contribution < -0.4 is 5.46 Å². The van der Waals surface area contributed by atoms with Crippen molar-refractivity contribution >= 4 is 18.9 Å². The van der Waals surface area contributed by atoms with Crippen molar-refractivity contribution in [1.82, 2.24) is 4.98 Å². The Morgan fingerprint density at radius 3 is 2.50 bits per heavy atom. The quantitative estimate of drug-likeness (QED) is 0.595. The second-order valence-electron chi connectivity index (χ2n) is 5.14. The van der Waals surface area contributed by atoms with Crippen LogP contribution in [0.2, 0.25) is 0 Å². The predicted molar refractivity (Wildman–Crippen MR) is 69.0 cm³/mol. The Hall–Kier alpha value is -1.27. The monoisotopic (exact) mass is 252 g/mol. The number of nitrogens with one attached hydrogen (secondary N) is 1. The second kappa shape index (κ2) is 5.16. The van der Waals surface area contributed by atoms with Gasteiger partial charge in [0.25, 0.3) is 0 Å². The van der Waals surface area contributed by atoms with Gasteiger partial charge in [0.2, 0.25) is 0 Å². The summed E-state index contributed by atoms with van der Waals surface area (Å²) in [6.45, 7) is 6.93. The normalized spacial score (nSPS) is 12.3. The molecule has 5 nitrogen and oxygen atoms in total. The van der Waals surface area contributed by atoms with E-state index >= 15 is 0 Å². The van der Waals surface area contributed by atoms with E-state index in [2.05, 4.69) is 9.72 Å². The van der Waals surface area contributed by atoms with Gasteiger partial charge < -0.3 is 19.5 Å². The van der Waals surface area contributed by atoms with Crippen molar-refractivity contribution in [3.05, 3.63) is 18.0 Å². The molecule has 1 radical (unpaired) electrons. The van der Waals surface area contributed by atoms with E-state index in [1.54, 1.807) is 40.0 Å². The number of H-pyrrole nitrogens is 1. The lowest BCUT2D eigenvalue weighted by molar-refractivity contribution is -0.0893. The van der Waals surface area contributed by atoms with E-state index in [0.717, 1.165) is 0 Å². The number of aromatic nitrogens is 1. The highest BCUT2D eigenvalue weighted by atomic mass is 16.5. The number of esters is 1. The lowest BCUT2D eigenvalue weighted by Crippen LogP contribution is -2.49.